The number of aromatic nitrogens is 2. The van der Waals surface area contributed by atoms with E-state index in [1.54, 1.807) is 16.9 Å². The maximum atomic E-state index is 11.8. The zero-order valence-electron chi connectivity index (χ0n) is 10.9. The Morgan fingerprint density at radius 2 is 2.06 bits per heavy atom. The molecule has 0 spiro atoms. The number of rotatable bonds is 3. The number of nitrogens with zero attached hydrogens (tertiary/aromatic N) is 2. The van der Waals surface area contributed by atoms with E-state index < -0.39 is 0 Å². The third-order valence-electron chi connectivity index (χ3n) is 2.92. The highest BCUT2D eigenvalue weighted by Gasteiger charge is 2.06. The zero-order chi connectivity index (χ0) is 13.1. The highest BCUT2D eigenvalue weighted by molar-refractivity contribution is 5.91. The average molecular weight is 243 g/mol. The molecule has 1 heterocycles. The van der Waals surface area contributed by atoms with E-state index in [0.29, 0.717) is 12.2 Å². The molecule has 1 N–H and O–H groups in total. The van der Waals surface area contributed by atoms with E-state index in [1.807, 2.05) is 25.2 Å². The van der Waals surface area contributed by atoms with Gasteiger partial charge in [0.2, 0.25) is 5.91 Å². The van der Waals surface area contributed by atoms with Gasteiger partial charge in [0.15, 0.2) is 5.82 Å². The number of carbonyl (C=O) groups is 1. The minimum atomic E-state index is -0.0445. The lowest BCUT2D eigenvalue weighted by Gasteiger charge is -2.05. The molecule has 1 aromatic carbocycles. The normalized spacial score (nSPS) is 10.4. The van der Waals surface area contributed by atoms with Crippen molar-refractivity contribution in [3.8, 4) is 0 Å². The summed E-state index contributed by atoms with van der Waals surface area (Å²) in [6.07, 6.45) is 2.17. The van der Waals surface area contributed by atoms with Crippen molar-refractivity contribution in [1.29, 1.82) is 0 Å². The molecular formula is C14H17N3O. The Morgan fingerprint density at radius 3 is 2.67 bits per heavy atom. The number of nitrogens with one attached hydrogen (secondary N) is 1. The highest BCUT2D eigenvalue weighted by Crippen LogP contribution is 2.11. The van der Waals surface area contributed by atoms with Gasteiger partial charge in [-0.05, 0) is 30.5 Å². The number of benzene rings is 1. The second-order valence-corrected chi connectivity index (χ2v) is 4.52. The maximum absolute atomic E-state index is 11.8. The molecule has 0 saturated carbocycles. The third-order valence-corrected chi connectivity index (χ3v) is 2.92. The van der Waals surface area contributed by atoms with Gasteiger partial charge < -0.3 is 5.32 Å². The number of amides is 1. The molecule has 2 rings (SSSR count). The van der Waals surface area contributed by atoms with E-state index in [4.69, 9.17) is 0 Å². The second-order valence-electron chi connectivity index (χ2n) is 4.52. The first-order valence-electron chi connectivity index (χ1n) is 5.90. The van der Waals surface area contributed by atoms with Crippen LogP contribution < -0.4 is 5.32 Å². The van der Waals surface area contributed by atoms with Crippen LogP contribution in [0.5, 0.6) is 0 Å². The summed E-state index contributed by atoms with van der Waals surface area (Å²) >= 11 is 0. The van der Waals surface area contributed by atoms with Crippen molar-refractivity contribution in [2.24, 2.45) is 7.05 Å². The topological polar surface area (TPSA) is 46.9 Å². The van der Waals surface area contributed by atoms with Crippen molar-refractivity contribution in [3.63, 3.8) is 0 Å². The van der Waals surface area contributed by atoms with E-state index in [0.717, 1.165) is 5.56 Å². The molecular weight excluding hydrogens is 226 g/mol. The van der Waals surface area contributed by atoms with Crippen LogP contribution in [0.15, 0.2) is 30.5 Å². The van der Waals surface area contributed by atoms with Gasteiger partial charge in [-0.15, -0.1) is 0 Å². The van der Waals surface area contributed by atoms with E-state index in [9.17, 15) is 4.79 Å². The van der Waals surface area contributed by atoms with Gasteiger partial charge in [0.25, 0.3) is 0 Å². The molecule has 2 aromatic rings. The standard InChI is InChI=1S/C14H17N3O/c1-10-4-5-12(8-11(10)2)9-14(18)15-13-6-7-17(3)16-13/h4-8H,9H2,1-3H3,(H,15,16,18). The molecule has 0 radical (unpaired) electrons. The van der Waals surface area contributed by atoms with Crippen molar-refractivity contribution in [2.75, 3.05) is 5.32 Å². The first-order valence-corrected chi connectivity index (χ1v) is 5.90. The molecule has 0 atom stereocenters. The first-order chi connectivity index (χ1) is 8.54. The molecule has 0 saturated heterocycles. The average Bonchev–Trinajstić information content (AvgIpc) is 2.69. The van der Waals surface area contributed by atoms with Crippen LogP contribution in [0.2, 0.25) is 0 Å². The Kier molecular flexibility index (Phi) is 3.46. The lowest BCUT2D eigenvalue weighted by atomic mass is 10.0. The van der Waals surface area contributed by atoms with E-state index >= 15 is 0 Å². The number of carbonyl (C=O) groups excluding carboxylic acids is 1. The zero-order valence-corrected chi connectivity index (χ0v) is 10.9. The van der Waals surface area contributed by atoms with Gasteiger partial charge >= 0.3 is 0 Å². The summed E-state index contributed by atoms with van der Waals surface area (Å²) in [5, 5.41) is 6.88. The van der Waals surface area contributed by atoms with Gasteiger partial charge in [-0.2, -0.15) is 5.10 Å². The molecule has 0 unspecified atom stereocenters. The fourth-order valence-electron chi connectivity index (χ4n) is 1.77. The Hall–Kier alpha value is -2.10. The SMILES string of the molecule is Cc1ccc(CC(=O)Nc2ccn(C)n2)cc1C. The Morgan fingerprint density at radius 1 is 1.28 bits per heavy atom. The molecule has 18 heavy (non-hydrogen) atoms. The van der Waals surface area contributed by atoms with Crippen molar-refractivity contribution in [2.45, 2.75) is 20.3 Å². The van der Waals surface area contributed by atoms with Gasteiger partial charge in [-0.25, -0.2) is 0 Å². The maximum Gasteiger partial charge on any atom is 0.229 e. The molecule has 4 nitrogen and oxygen atoms in total. The van der Waals surface area contributed by atoms with Crippen LogP contribution >= 0.6 is 0 Å². The molecule has 0 aliphatic rings. The number of hydrogen-bond acceptors (Lipinski definition) is 2. The van der Waals surface area contributed by atoms with Gasteiger partial charge in [0.05, 0.1) is 6.42 Å². The van der Waals surface area contributed by atoms with E-state index in [1.165, 1.54) is 11.1 Å². The van der Waals surface area contributed by atoms with E-state index in [2.05, 4.69) is 24.3 Å². The van der Waals surface area contributed by atoms with Gasteiger partial charge in [-0.1, -0.05) is 18.2 Å². The van der Waals surface area contributed by atoms with Crippen molar-refractivity contribution in [3.05, 3.63) is 47.2 Å². The summed E-state index contributed by atoms with van der Waals surface area (Å²) in [6.45, 7) is 4.11. The number of aryl methyl sites for hydroxylation is 3. The molecule has 1 aromatic heterocycles. The van der Waals surface area contributed by atoms with Crippen LogP contribution in [0.3, 0.4) is 0 Å². The predicted octanol–water partition coefficient (Wildman–Crippen LogP) is 2.22. The molecule has 4 heteroatoms. The van der Waals surface area contributed by atoms with Crippen LogP contribution in [0.4, 0.5) is 5.82 Å². The van der Waals surface area contributed by atoms with E-state index in [-0.39, 0.29) is 5.91 Å². The summed E-state index contributed by atoms with van der Waals surface area (Å²) in [7, 11) is 1.82. The van der Waals surface area contributed by atoms with Crippen molar-refractivity contribution in [1.82, 2.24) is 9.78 Å². The smallest absolute Gasteiger partial charge is 0.229 e. The fourth-order valence-corrected chi connectivity index (χ4v) is 1.77. The van der Waals surface area contributed by atoms with Crippen LogP contribution in [-0.4, -0.2) is 15.7 Å². The summed E-state index contributed by atoms with van der Waals surface area (Å²) in [6, 6.07) is 7.85. The number of hydrogen-bond donors (Lipinski definition) is 1. The lowest BCUT2D eigenvalue weighted by Crippen LogP contribution is -2.15. The monoisotopic (exact) mass is 243 g/mol. The minimum absolute atomic E-state index is 0.0445. The highest BCUT2D eigenvalue weighted by atomic mass is 16.1. The molecule has 0 aliphatic carbocycles. The van der Waals surface area contributed by atoms with Crippen LogP contribution in [0.1, 0.15) is 16.7 Å². The van der Waals surface area contributed by atoms with Gasteiger partial charge in [0.1, 0.15) is 0 Å². The predicted molar refractivity (Wildman–Crippen MR) is 71.5 cm³/mol. The van der Waals surface area contributed by atoms with Gasteiger partial charge in [0, 0.05) is 19.3 Å². The Balaban J connectivity index is 2.00. The molecule has 1 amide bonds. The largest absolute Gasteiger partial charge is 0.309 e. The van der Waals surface area contributed by atoms with Crippen LogP contribution in [0.25, 0.3) is 0 Å². The second kappa shape index (κ2) is 5.04. The van der Waals surface area contributed by atoms with Crippen LogP contribution in [0, 0.1) is 13.8 Å². The van der Waals surface area contributed by atoms with Crippen molar-refractivity contribution >= 4 is 11.7 Å². The van der Waals surface area contributed by atoms with Crippen molar-refractivity contribution < 1.29 is 4.79 Å². The van der Waals surface area contributed by atoms with Gasteiger partial charge in [-0.3, -0.25) is 9.48 Å². The molecule has 0 bridgehead atoms. The summed E-state index contributed by atoms with van der Waals surface area (Å²) in [4.78, 5) is 11.8. The molecule has 0 aliphatic heterocycles. The molecule has 0 fully saturated rings. The molecule has 94 valence electrons. The summed E-state index contributed by atoms with van der Waals surface area (Å²) in [5.74, 6) is 0.545. The first kappa shape index (κ1) is 12.4. The summed E-state index contributed by atoms with van der Waals surface area (Å²) in [5.41, 5.74) is 3.47. The fraction of sp³-hybridized carbons (Fsp3) is 0.286. The lowest BCUT2D eigenvalue weighted by molar-refractivity contribution is -0.115. The Bertz CT molecular complexity index is 572. The Labute approximate surface area is 107 Å². The third kappa shape index (κ3) is 2.97. The quantitative estimate of drug-likeness (QED) is 0.898. The summed E-state index contributed by atoms with van der Waals surface area (Å²) < 4.78 is 1.66. The minimum Gasteiger partial charge on any atom is -0.309 e. The van der Waals surface area contributed by atoms with Crippen LogP contribution in [-0.2, 0) is 18.3 Å². The number of anilines is 1.